The van der Waals surface area contributed by atoms with Gasteiger partial charge in [-0.1, -0.05) is 6.07 Å². The van der Waals surface area contributed by atoms with E-state index in [2.05, 4.69) is 10.1 Å². The summed E-state index contributed by atoms with van der Waals surface area (Å²) < 4.78 is 60.9. The molecule has 0 fully saturated rings. The first-order chi connectivity index (χ1) is 15.6. The number of anilines is 1. The molecule has 0 aliphatic carbocycles. The maximum atomic E-state index is 14.9. The summed E-state index contributed by atoms with van der Waals surface area (Å²) in [7, 11) is 3.15. The molecular formula is C22H17F4N5O2. The Morgan fingerprint density at radius 3 is 2.73 bits per heavy atom. The van der Waals surface area contributed by atoms with E-state index in [0.29, 0.717) is 21.9 Å². The number of ether oxygens (including phenoxy) is 1. The molecule has 0 saturated carbocycles. The minimum atomic E-state index is -4.51. The van der Waals surface area contributed by atoms with Crippen LogP contribution in [0.4, 0.5) is 23.4 Å². The van der Waals surface area contributed by atoms with E-state index in [-0.39, 0.29) is 29.3 Å². The lowest BCUT2D eigenvalue weighted by Crippen LogP contribution is -2.32. The Balaban J connectivity index is 1.55. The number of hydrogen-bond donors (Lipinski definition) is 1. The number of fused-ring (bicyclic) bond motifs is 4. The van der Waals surface area contributed by atoms with Gasteiger partial charge < -0.3 is 15.4 Å². The average molecular weight is 459 g/mol. The van der Waals surface area contributed by atoms with Gasteiger partial charge >= 0.3 is 6.18 Å². The molecule has 0 saturated heterocycles. The predicted molar refractivity (Wildman–Crippen MR) is 112 cm³/mol. The zero-order chi connectivity index (χ0) is 23.7. The van der Waals surface area contributed by atoms with Gasteiger partial charge in [-0.15, -0.1) is 0 Å². The summed E-state index contributed by atoms with van der Waals surface area (Å²) >= 11 is 0. The van der Waals surface area contributed by atoms with E-state index >= 15 is 0 Å². The number of benzene rings is 2. The molecule has 2 N–H and O–H groups in total. The molecule has 3 heterocycles. The quantitative estimate of drug-likeness (QED) is 0.457. The standard InChI is InChI=1S/C22H17F4N5O2/c1-30(17-9-33-18-5-10(22(24,25)26)3-4-11(17)18)21(32)12-6-13-16(7-15(12)23)29-20(27)14-8-28-31(2)19(13)14/h3-8,17H,9H2,1-2H3,(H2,27,29)/t17-/m1/s1. The number of pyridine rings is 1. The van der Waals surface area contributed by atoms with Gasteiger partial charge in [0.15, 0.2) is 0 Å². The van der Waals surface area contributed by atoms with Crippen molar-refractivity contribution in [2.75, 3.05) is 19.4 Å². The lowest BCUT2D eigenvalue weighted by Gasteiger charge is -2.24. The summed E-state index contributed by atoms with van der Waals surface area (Å²) in [6, 6.07) is 4.97. The van der Waals surface area contributed by atoms with Gasteiger partial charge in [-0.2, -0.15) is 18.3 Å². The van der Waals surface area contributed by atoms with Crippen molar-refractivity contribution >= 4 is 33.5 Å². The highest BCUT2D eigenvalue weighted by Gasteiger charge is 2.36. The van der Waals surface area contributed by atoms with E-state index in [9.17, 15) is 22.4 Å². The SMILES string of the molecule is CN(C(=O)c1cc2c(cc1F)nc(N)c1cnn(C)c12)[C@@H]1COc2cc(C(F)(F)F)ccc21. The Bertz CT molecular complexity index is 1450. The highest BCUT2D eigenvalue weighted by Crippen LogP contribution is 2.40. The van der Waals surface area contributed by atoms with Gasteiger partial charge in [-0.3, -0.25) is 9.48 Å². The fourth-order valence-electron chi connectivity index (χ4n) is 4.16. The van der Waals surface area contributed by atoms with Crippen molar-refractivity contribution in [3.63, 3.8) is 0 Å². The number of likely N-dealkylation sites (N-methyl/N-ethyl adjacent to an activating group) is 1. The topological polar surface area (TPSA) is 86.3 Å². The van der Waals surface area contributed by atoms with Gasteiger partial charge in [0, 0.05) is 31.1 Å². The van der Waals surface area contributed by atoms with Gasteiger partial charge in [-0.25, -0.2) is 9.37 Å². The maximum Gasteiger partial charge on any atom is 0.416 e. The number of carbonyl (C=O) groups excluding carboxylic acids is 1. The van der Waals surface area contributed by atoms with Crippen LogP contribution in [0.15, 0.2) is 36.5 Å². The molecule has 4 aromatic rings. The van der Waals surface area contributed by atoms with E-state index in [0.717, 1.165) is 18.2 Å². The number of rotatable bonds is 2. The molecule has 5 rings (SSSR count). The second kappa shape index (κ2) is 7.06. The third-order valence-corrected chi connectivity index (χ3v) is 5.91. The second-order valence-electron chi connectivity index (χ2n) is 7.87. The van der Waals surface area contributed by atoms with Gasteiger partial charge in [0.1, 0.15) is 24.0 Å². The zero-order valence-electron chi connectivity index (χ0n) is 17.4. The molecule has 7 nitrogen and oxygen atoms in total. The van der Waals surface area contributed by atoms with Crippen molar-refractivity contribution in [3.8, 4) is 5.75 Å². The van der Waals surface area contributed by atoms with Crippen LogP contribution in [0.5, 0.6) is 5.75 Å². The number of carbonyl (C=O) groups is 1. The van der Waals surface area contributed by atoms with Gasteiger partial charge in [0.2, 0.25) is 0 Å². The lowest BCUT2D eigenvalue weighted by atomic mass is 10.0. The number of aryl methyl sites for hydroxylation is 1. The Morgan fingerprint density at radius 1 is 1.24 bits per heavy atom. The van der Waals surface area contributed by atoms with E-state index in [1.165, 1.54) is 30.3 Å². The molecule has 1 atom stereocenters. The summed E-state index contributed by atoms with van der Waals surface area (Å²) in [5, 5.41) is 5.23. The first-order valence-electron chi connectivity index (χ1n) is 9.88. The molecule has 1 aliphatic heterocycles. The van der Waals surface area contributed by atoms with Crippen LogP contribution < -0.4 is 10.5 Å². The van der Waals surface area contributed by atoms with Gasteiger partial charge in [0.05, 0.1) is 39.8 Å². The first kappa shape index (κ1) is 21.0. The summed E-state index contributed by atoms with van der Waals surface area (Å²) in [6.45, 7) is -0.0435. The molecule has 0 bridgehead atoms. The molecule has 2 aromatic heterocycles. The Morgan fingerprint density at radius 2 is 2.00 bits per heavy atom. The highest BCUT2D eigenvalue weighted by molar-refractivity contribution is 6.10. The van der Waals surface area contributed by atoms with Crippen molar-refractivity contribution < 1.29 is 27.1 Å². The van der Waals surface area contributed by atoms with Crippen LogP contribution in [-0.2, 0) is 13.2 Å². The second-order valence-corrected chi connectivity index (χ2v) is 7.87. The summed E-state index contributed by atoms with van der Waals surface area (Å²) in [6.07, 6.45) is -2.98. The predicted octanol–water partition coefficient (Wildman–Crippen LogP) is 4.07. The van der Waals surface area contributed by atoms with Crippen molar-refractivity contribution in [1.29, 1.82) is 0 Å². The Hall–Kier alpha value is -3.89. The fourth-order valence-corrected chi connectivity index (χ4v) is 4.16. The Labute approximate surface area is 184 Å². The highest BCUT2D eigenvalue weighted by atomic mass is 19.4. The number of nitrogen functional groups attached to an aromatic ring is 1. The number of amides is 1. The maximum absolute atomic E-state index is 14.9. The third kappa shape index (κ3) is 3.22. The molecule has 0 radical (unpaired) electrons. The summed E-state index contributed by atoms with van der Waals surface area (Å²) in [5.74, 6) is -1.20. The van der Waals surface area contributed by atoms with Crippen LogP contribution in [-0.4, -0.2) is 39.2 Å². The van der Waals surface area contributed by atoms with E-state index in [4.69, 9.17) is 10.5 Å². The number of aromatic nitrogens is 3. The van der Waals surface area contributed by atoms with Crippen LogP contribution in [0.3, 0.4) is 0 Å². The van der Waals surface area contributed by atoms with Crippen molar-refractivity contribution in [1.82, 2.24) is 19.7 Å². The zero-order valence-corrected chi connectivity index (χ0v) is 17.4. The number of halogens is 4. The Kier molecular flexibility index (Phi) is 4.49. The van der Waals surface area contributed by atoms with Crippen molar-refractivity contribution in [2.45, 2.75) is 12.2 Å². The fraction of sp³-hybridized carbons (Fsp3) is 0.227. The molecule has 2 aromatic carbocycles. The van der Waals surface area contributed by atoms with E-state index in [1.807, 2.05) is 0 Å². The number of nitrogens with two attached hydrogens (primary N) is 1. The first-order valence-corrected chi connectivity index (χ1v) is 9.88. The van der Waals surface area contributed by atoms with Gasteiger partial charge in [0.25, 0.3) is 5.91 Å². The molecule has 33 heavy (non-hydrogen) atoms. The summed E-state index contributed by atoms with van der Waals surface area (Å²) in [5.41, 5.74) is 6.19. The molecule has 0 unspecified atom stereocenters. The number of alkyl halides is 3. The van der Waals surface area contributed by atoms with Crippen molar-refractivity contribution in [3.05, 3.63) is 59.0 Å². The number of hydrogen-bond acceptors (Lipinski definition) is 5. The molecule has 1 aliphatic rings. The summed E-state index contributed by atoms with van der Waals surface area (Å²) in [4.78, 5) is 18.7. The van der Waals surface area contributed by atoms with Gasteiger partial charge in [-0.05, 0) is 18.2 Å². The van der Waals surface area contributed by atoms with Crippen molar-refractivity contribution in [2.24, 2.45) is 7.05 Å². The average Bonchev–Trinajstić information content (AvgIpc) is 3.36. The van der Waals surface area contributed by atoms with Crippen LogP contribution in [0.1, 0.15) is 27.5 Å². The lowest BCUT2D eigenvalue weighted by molar-refractivity contribution is -0.137. The molecular weight excluding hydrogens is 442 g/mol. The molecule has 11 heteroatoms. The normalized spacial score (nSPS) is 15.6. The molecule has 170 valence electrons. The molecule has 1 amide bonds. The number of nitrogens with zero attached hydrogens (tertiary/aromatic N) is 4. The van der Waals surface area contributed by atoms with Crippen LogP contribution >= 0.6 is 0 Å². The van der Waals surface area contributed by atoms with E-state index in [1.54, 1.807) is 11.7 Å². The largest absolute Gasteiger partial charge is 0.491 e. The third-order valence-electron chi connectivity index (χ3n) is 5.91. The monoisotopic (exact) mass is 459 g/mol. The van der Waals surface area contributed by atoms with Crippen LogP contribution in [0.25, 0.3) is 21.8 Å². The van der Waals surface area contributed by atoms with Crippen LogP contribution in [0, 0.1) is 5.82 Å². The smallest absolute Gasteiger partial charge is 0.416 e. The minimum absolute atomic E-state index is 0.0435. The van der Waals surface area contributed by atoms with Crippen LogP contribution in [0.2, 0.25) is 0 Å². The van der Waals surface area contributed by atoms with E-state index < -0.39 is 29.5 Å². The minimum Gasteiger partial charge on any atom is -0.491 e. The molecule has 0 spiro atoms.